The number of hydroxylamine groups is 1. The van der Waals surface area contributed by atoms with Crippen LogP contribution < -0.4 is 5.48 Å². The Hall–Kier alpha value is -0.810. The van der Waals surface area contributed by atoms with Gasteiger partial charge in [0.1, 0.15) is 5.60 Å². The monoisotopic (exact) mass is 256 g/mol. The fraction of sp³-hybridized carbons (Fsp3) is 0.923. The van der Waals surface area contributed by atoms with Crippen LogP contribution in [0.25, 0.3) is 0 Å². The molecule has 1 aliphatic carbocycles. The Labute approximate surface area is 109 Å². The van der Waals surface area contributed by atoms with Gasteiger partial charge in [0.15, 0.2) is 0 Å². The van der Waals surface area contributed by atoms with Crippen LogP contribution in [-0.2, 0) is 9.57 Å². The number of nitrogens with zero attached hydrogens (tertiary/aromatic N) is 1. The van der Waals surface area contributed by atoms with Crippen LogP contribution in [0.15, 0.2) is 0 Å². The van der Waals surface area contributed by atoms with Gasteiger partial charge in [-0.15, -0.1) is 0 Å². The summed E-state index contributed by atoms with van der Waals surface area (Å²) in [5, 5.41) is 0. The van der Waals surface area contributed by atoms with Gasteiger partial charge in [-0.25, -0.2) is 4.79 Å². The number of hydrogen-bond donors (Lipinski definition) is 1. The summed E-state index contributed by atoms with van der Waals surface area (Å²) in [5.41, 5.74) is 2.64. The first-order chi connectivity index (χ1) is 8.44. The van der Waals surface area contributed by atoms with Gasteiger partial charge in [-0.2, -0.15) is 5.48 Å². The van der Waals surface area contributed by atoms with Crippen molar-refractivity contribution in [2.75, 3.05) is 13.1 Å². The third kappa shape index (κ3) is 3.85. The molecule has 18 heavy (non-hydrogen) atoms. The second-order valence-electron chi connectivity index (χ2n) is 6.22. The van der Waals surface area contributed by atoms with E-state index in [2.05, 4.69) is 5.48 Å². The molecule has 0 aromatic carbocycles. The minimum absolute atomic E-state index is 0.235. The summed E-state index contributed by atoms with van der Waals surface area (Å²) < 4.78 is 5.29. The molecule has 1 saturated carbocycles. The highest BCUT2D eigenvalue weighted by Gasteiger charge is 2.34. The zero-order chi connectivity index (χ0) is 13.2. The highest BCUT2D eigenvalue weighted by Crippen LogP contribution is 2.21. The van der Waals surface area contributed by atoms with Crippen molar-refractivity contribution in [1.29, 1.82) is 0 Å². The second-order valence-corrected chi connectivity index (χ2v) is 6.22. The second kappa shape index (κ2) is 5.45. The third-order valence-electron chi connectivity index (χ3n) is 3.24. The van der Waals surface area contributed by atoms with E-state index in [1.807, 2.05) is 20.8 Å². The molecule has 0 atom stereocenters. The number of carbonyl (C=O) groups is 1. The van der Waals surface area contributed by atoms with Crippen LogP contribution in [0, 0.1) is 0 Å². The molecule has 0 radical (unpaired) electrons. The molecule has 1 saturated heterocycles. The van der Waals surface area contributed by atoms with Gasteiger partial charge in [0, 0.05) is 13.1 Å². The van der Waals surface area contributed by atoms with E-state index in [0.29, 0.717) is 19.2 Å². The first-order valence-electron chi connectivity index (χ1n) is 6.83. The molecule has 0 bridgehead atoms. The number of likely N-dealkylation sites (tertiary alicyclic amines) is 1. The Bertz CT molecular complexity index is 289. The van der Waals surface area contributed by atoms with Crippen molar-refractivity contribution < 1.29 is 14.4 Å². The fourth-order valence-corrected chi connectivity index (χ4v) is 2.23. The lowest BCUT2D eigenvalue weighted by Crippen LogP contribution is -2.60. The quantitative estimate of drug-likeness (QED) is 0.785. The lowest BCUT2D eigenvalue weighted by Gasteiger charge is -2.40. The maximum absolute atomic E-state index is 11.7. The standard InChI is InChI=1S/C13H24N2O3/c1-13(2,3)17-12(16)15-8-10(9-15)14-18-11-6-4-5-7-11/h10-11,14H,4-9H2,1-3H3. The average Bonchev–Trinajstić information content (AvgIpc) is 2.64. The molecule has 5 heteroatoms. The minimum Gasteiger partial charge on any atom is -0.444 e. The number of ether oxygens (including phenoxy) is 1. The molecule has 2 rings (SSSR count). The summed E-state index contributed by atoms with van der Waals surface area (Å²) in [5.74, 6) is 0. The Kier molecular flexibility index (Phi) is 4.12. The van der Waals surface area contributed by atoms with Gasteiger partial charge < -0.3 is 9.64 Å². The van der Waals surface area contributed by atoms with Crippen molar-refractivity contribution >= 4 is 6.09 Å². The summed E-state index contributed by atoms with van der Waals surface area (Å²) in [6.07, 6.45) is 4.95. The normalized spacial score (nSPS) is 22.1. The van der Waals surface area contributed by atoms with E-state index in [1.165, 1.54) is 12.8 Å². The van der Waals surface area contributed by atoms with Gasteiger partial charge in [0.05, 0.1) is 12.1 Å². The number of rotatable bonds is 3. The summed E-state index contributed by atoms with van der Waals surface area (Å²) in [6, 6.07) is 0.248. The molecule has 1 heterocycles. The summed E-state index contributed by atoms with van der Waals surface area (Å²) >= 11 is 0. The predicted molar refractivity (Wildman–Crippen MR) is 68.1 cm³/mol. The number of hydrogen-bond acceptors (Lipinski definition) is 4. The van der Waals surface area contributed by atoms with Gasteiger partial charge >= 0.3 is 6.09 Å². The number of amides is 1. The number of carbonyl (C=O) groups excluding carboxylic acids is 1. The maximum atomic E-state index is 11.7. The van der Waals surface area contributed by atoms with Crippen LogP contribution in [0.5, 0.6) is 0 Å². The molecule has 0 aromatic rings. The first-order valence-corrected chi connectivity index (χ1v) is 6.83. The van der Waals surface area contributed by atoms with Crippen LogP contribution in [-0.4, -0.2) is 41.8 Å². The van der Waals surface area contributed by atoms with E-state index >= 15 is 0 Å². The fourth-order valence-electron chi connectivity index (χ4n) is 2.23. The average molecular weight is 256 g/mol. The molecule has 2 fully saturated rings. The SMILES string of the molecule is CC(C)(C)OC(=O)N1CC(NOC2CCCC2)C1. The van der Waals surface area contributed by atoms with Gasteiger partial charge in [0.2, 0.25) is 0 Å². The highest BCUT2D eigenvalue weighted by molar-refractivity contribution is 5.69. The smallest absolute Gasteiger partial charge is 0.410 e. The van der Waals surface area contributed by atoms with Gasteiger partial charge in [0.25, 0.3) is 0 Å². The molecular weight excluding hydrogens is 232 g/mol. The maximum Gasteiger partial charge on any atom is 0.410 e. The molecule has 1 amide bonds. The van der Waals surface area contributed by atoms with E-state index in [-0.39, 0.29) is 12.1 Å². The molecule has 0 unspecified atom stereocenters. The third-order valence-corrected chi connectivity index (χ3v) is 3.24. The summed E-state index contributed by atoms with van der Waals surface area (Å²) in [6.45, 7) is 6.97. The minimum atomic E-state index is -0.421. The van der Waals surface area contributed by atoms with E-state index in [0.717, 1.165) is 12.8 Å². The zero-order valence-electron chi connectivity index (χ0n) is 11.6. The van der Waals surface area contributed by atoms with Crippen LogP contribution >= 0.6 is 0 Å². The van der Waals surface area contributed by atoms with Gasteiger partial charge in [-0.3, -0.25) is 4.84 Å². The van der Waals surface area contributed by atoms with Crippen LogP contribution in [0.2, 0.25) is 0 Å². The number of nitrogens with one attached hydrogen (secondary N) is 1. The lowest BCUT2D eigenvalue weighted by atomic mass is 10.1. The van der Waals surface area contributed by atoms with Crippen molar-refractivity contribution in [3.05, 3.63) is 0 Å². The molecule has 0 spiro atoms. The van der Waals surface area contributed by atoms with Crippen molar-refractivity contribution in [2.45, 2.75) is 64.2 Å². The lowest BCUT2D eigenvalue weighted by molar-refractivity contribution is -0.0745. The Balaban J connectivity index is 1.60. The Morgan fingerprint density at radius 2 is 1.83 bits per heavy atom. The first kappa shape index (κ1) is 13.6. The van der Waals surface area contributed by atoms with Crippen LogP contribution in [0.4, 0.5) is 4.79 Å². The van der Waals surface area contributed by atoms with Crippen molar-refractivity contribution in [1.82, 2.24) is 10.4 Å². The highest BCUT2D eigenvalue weighted by atomic mass is 16.7. The molecule has 1 aliphatic heterocycles. The molecule has 104 valence electrons. The molecule has 5 nitrogen and oxygen atoms in total. The summed E-state index contributed by atoms with van der Waals surface area (Å²) in [7, 11) is 0. The topological polar surface area (TPSA) is 50.8 Å². The van der Waals surface area contributed by atoms with E-state index in [4.69, 9.17) is 9.57 Å². The van der Waals surface area contributed by atoms with E-state index in [9.17, 15) is 4.79 Å². The van der Waals surface area contributed by atoms with Crippen molar-refractivity contribution in [3.63, 3.8) is 0 Å². The van der Waals surface area contributed by atoms with Crippen LogP contribution in [0.3, 0.4) is 0 Å². The van der Waals surface area contributed by atoms with Crippen molar-refractivity contribution in [2.24, 2.45) is 0 Å². The molecule has 1 N–H and O–H groups in total. The molecule has 0 aromatic heterocycles. The Morgan fingerprint density at radius 3 is 2.39 bits per heavy atom. The zero-order valence-corrected chi connectivity index (χ0v) is 11.6. The van der Waals surface area contributed by atoms with Crippen molar-refractivity contribution in [3.8, 4) is 0 Å². The van der Waals surface area contributed by atoms with Crippen LogP contribution in [0.1, 0.15) is 46.5 Å². The largest absolute Gasteiger partial charge is 0.444 e. The summed E-state index contributed by atoms with van der Waals surface area (Å²) in [4.78, 5) is 19.0. The Morgan fingerprint density at radius 1 is 1.22 bits per heavy atom. The predicted octanol–water partition coefficient (Wildman–Crippen LogP) is 2.07. The molecular formula is C13H24N2O3. The van der Waals surface area contributed by atoms with Gasteiger partial charge in [-0.05, 0) is 33.6 Å². The molecule has 2 aliphatic rings. The van der Waals surface area contributed by atoms with E-state index in [1.54, 1.807) is 4.90 Å². The van der Waals surface area contributed by atoms with Gasteiger partial charge in [-0.1, -0.05) is 12.8 Å². The van der Waals surface area contributed by atoms with E-state index < -0.39 is 5.60 Å².